The van der Waals surface area contributed by atoms with Crippen LogP contribution in [0.2, 0.25) is 0 Å². The summed E-state index contributed by atoms with van der Waals surface area (Å²) >= 11 is 16.4. The topological polar surface area (TPSA) is 86.7 Å². The Morgan fingerprint density at radius 2 is 1.58 bits per heavy atom. The molecule has 1 aromatic rings. The SMILES string of the molecule is O=C(CCCCCCN1C(=O)c2ccccc2C1=O)NC(O)C(Cl)(Cl)Cl. The van der Waals surface area contributed by atoms with E-state index in [0.717, 1.165) is 12.8 Å². The van der Waals surface area contributed by atoms with Crippen molar-refractivity contribution in [3.8, 4) is 0 Å². The smallest absolute Gasteiger partial charge is 0.261 e. The highest BCUT2D eigenvalue weighted by Crippen LogP contribution is 2.29. The fourth-order valence-corrected chi connectivity index (χ4v) is 2.82. The van der Waals surface area contributed by atoms with Gasteiger partial charge in [-0.2, -0.15) is 0 Å². The Bertz CT molecular complexity index is 656. The maximum absolute atomic E-state index is 12.2. The van der Waals surface area contributed by atoms with Crippen molar-refractivity contribution in [2.45, 2.75) is 42.1 Å². The van der Waals surface area contributed by atoms with Crippen molar-refractivity contribution >= 4 is 52.5 Å². The zero-order valence-electron chi connectivity index (χ0n) is 13.9. The van der Waals surface area contributed by atoms with Gasteiger partial charge in [-0.3, -0.25) is 19.3 Å². The van der Waals surface area contributed by atoms with Crippen LogP contribution in [-0.2, 0) is 4.79 Å². The number of alkyl halides is 3. The molecule has 0 aliphatic carbocycles. The highest BCUT2D eigenvalue weighted by atomic mass is 35.6. The van der Waals surface area contributed by atoms with Gasteiger partial charge < -0.3 is 10.4 Å². The van der Waals surface area contributed by atoms with E-state index in [1.54, 1.807) is 24.3 Å². The van der Waals surface area contributed by atoms with Gasteiger partial charge in [-0.05, 0) is 25.0 Å². The Labute approximate surface area is 166 Å². The van der Waals surface area contributed by atoms with Gasteiger partial charge in [0.25, 0.3) is 11.8 Å². The van der Waals surface area contributed by atoms with E-state index in [0.29, 0.717) is 30.5 Å². The molecule has 1 aliphatic rings. The Hall–Kier alpha value is -1.34. The Morgan fingerprint density at radius 1 is 1.04 bits per heavy atom. The average Bonchev–Trinajstić information content (AvgIpc) is 2.82. The number of aliphatic hydroxyl groups is 1. The fraction of sp³-hybridized carbons (Fsp3) is 0.471. The van der Waals surface area contributed by atoms with Crippen molar-refractivity contribution in [3.05, 3.63) is 35.4 Å². The summed E-state index contributed by atoms with van der Waals surface area (Å²) in [6.07, 6.45) is 1.36. The molecule has 1 aromatic carbocycles. The summed E-state index contributed by atoms with van der Waals surface area (Å²) in [5, 5.41) is 11.6. The minimum atomic E-state index is -1.97. The van der Waals surface area contributed by atoms with Crippen LogP contribution < -0.4 is 5.32 Å². The van der Waals surface area contributed by atoms with Crippen LogP contribution in [0.5, 0.6) is 0 Å². The number of rotatable bonds is 8. The van der Waals surface area contributed by atoms with Crippen molar-refractivity contribution in [2.24, 2.45) is 0 Å². The lowest BCUT2D eigenvalue weighted by Crippen LogP contribution is -2.43. The molecule has 1 atom stereocenters. The van der Waals surface area contributed by atoms with E-state index in [1.165, 1.54) is 4.90 Å². The molecule has 0 saturated heterocycles. The largest absolute Gasteiger partial charge is 0.369 e. The summed E-state index contributed by atoms with van der Waals surface area (Å²) < 4.78 is -1.97. The molecule has 2 rings (SSSR count). The third kappa shape index (κ3) is 5.33. The monoisotopic (exact) mass is 420 g/mol. The van der Waals surface area contributed by atoms with Crippen molar-refractivity contribution < 1.29 is 19.5 Å². The van der Waals surface area contributed by atoms with E-state index >= 15 is 0 Å². The van der Waals surface area contributed by atoms with Crippen LogP contribution in [0.4, 0.5) is 0 Å². The molecular formula is C17H19Cl3N2O4. The molecule has 0 fully saturated rings. The highest BCUT2D eigenvalue weighted by Gasteiger charge is 2.34. The molecule has 1 heterocycles. The lowest BCUT2D eigenvalue weighted by Gasteiger charge is -2.19. The Morgan fingerprint density at radius 3 is 2.12 bits per heavy atom. The normalized spacial score (nSPS) is 15.2. The minimum absolute atomic E-state index is 0.185. The summed E-state index contributed by atoms with van der Waals surface area (Å²) in [6.45, 7) is 0.352. The zero-order valence-corrected chi connectivity index (χ0v) is 16.2. The first-order valence-electron chi connectivity index (χ1n) is 8.21. The number of nitrogens with one attached hydrogen (secondary N) is 1. The molecule has 1 unspecified atom stereocenters. The number of nitrogens with zero attached hydrogens (tertiary/aromatic N) is 1. The lowest BCUT2D eigenvalue weighted by molar-refractivity contribution is -0.124. The molecule has 1 aliphatic heterocycles. The predicted octanol–water partition coefficient (Wildman–Crippen LogP) is 3.04. The second-order valence-corrected chi connectivity index (χ2v) is 8.35. The van der Waals surface area contributed by atoms with E-state index < -0.39 is 15.9 Å². The first kappa shape index (κ1) is 21.0. The van der Waals surface area contributed by atoms with Crippen LogP contribution in [0.25, 0.3) is 0 Å². The molecule has 142 valence electrons. The Balaban J connectivity index is 1.64. The van der Waals surface area contributed by atoms with Crippen LogP contribution >= 0.6 is 34.8 Å². The molecule has 0 aromatic heterocycles. The van der Waals surface area contributed by atoms with Crippen LogP contribution in [0.3, 0.4) is 0 Å². The summed E-state index contributed by atoms with van der Waals surface area (Å²) in [5.41, 5.74) is 0.892. The molecule has 26 heavy (non-hydrogen) atoms. The number of carbonyl (C=O) groups excluding carboxylic acids is 3. The molecular weight excluding hydrogens is 403 g/mol. The number of hydrogen-bond donors (Lipinski definition) is 2. The standard InChI is InChI=1S/C17H19Cl3N2O4/c18-17(19,20)16(26)21-13(23)9-3-1-2-6-10-22-14(24)11-7-4-5-8-12(11)15(22)25/h4-5,7-8,16,26H,1-3,6,9-10H2,(H,21,23). The second-order valence-electron chi connectivity index (χ2n) is 5.98. The molecule has 3 amide bonds. The fourth-order valence-electron chi connectivity index (χ4n) is 2.66. The number of carbonyl (C=O) groups is 3. The van der Waals surface area contributed by atoms with E-state index in [1.807, 2.05) is 0 Å². The molecule has 0 spiro atoms. The van der Waals surface area contributed by atoms with Crippen molar-refractivity contribution in [1.82, 2.24) is 10.2 Å². The number of benzene rings is 1. The van der Waals surface area contributed by atoms with Gasteiger partial charge in [-0.15, -0.1) is 0 Å². The van der Waals surface area contributed by atoms with Crippen LogP contribution in [0, 0.1) is 0 Å². The molecule has 9 heteroatoms. The van der Waals surface area contributed by atoms with Gasteiger partial charge in [0.1, 0.15) is 0 Å². The van der Waals surface area contributed by atoms with Gasteiger partial charge in [-0.1, -0.05) is 59.8 Å². The van der Waals surface area contributed by atoms with E-state index in [-0.39, 0.29) is 18.2 Å². The molecule has 0 bridgehead atoms. The summed E-state index contributed by atoms with van der Waals surface area (Å²) in [6, 6.07) is 6.77. The summed E-state index contributed by atoms with van der Waals surface area (Å²) in [5.74, 6) is -0.930. The molecule has 0 radical (unpaired) electrons. The molecule has 2 N–H and O–H groups in total. The average molecular weight is 422 g/mol. The molecule has 0 saturated carbocycles. The minimum Gasteiger partial charge on any atom is -0.369 e. The van der Waals surface area contributed by atoms with Crippen LogP contribution in [0.1, 0.15) is 52.8 Å². The van der Waals surface area contributed by atoms with Gasteiger partial charge >= 0.3 is 0 Å². The van der Waals surface area contributed by atoms with E-state index in [9.17, 15) is 19.5 Å². The predicted molar refractivity (Wildman–Crippen MR) is 99.3 cm³/mol. The number of aliphatic hydroxyl groups excluding tert-OH is 1. The number of halogens is 3. The third-order valence-electron chi connectivity index (χ3n) is 4.02. The summed E-state index contributed by atoms with van der Waals surface area (Å²) in [7, 11) is 0. The van der Waals surface area contributed by atoms with Crippen molar-refractivity contribution in [1.29, 1.82) is 0 Å². The number of unbranched alkanes of at least 4 members (excludes halogenated alkanes) is 3. The second kappa shape index (κ2) is 9.04. The van der Waals surface area contributed by atoms with Crippen molar-refractivity contribution in [2.75, 3.05) is 6.54 Å². The first-order valence-corrected chi connectivity index (χ1v) is 9.34. The maximum atomic E-state index is 12.2. The van der Waals surface area contributed by atoms with E-state index in [4.69, 9.17) is 34.8 Å². The first-order chi connectivity index (χ1) is 12.2. The number of fused-ring (bicyclic) bond motifs is 1. The highest BCUT2D eigenvalue weighted by molar-refractivity contribution is 6.68. The number of hydrogen-bond acceptors (Lipinski definition) is 4. The maximum Gasteiger partial charge on any atom is 0.261 e. The van der Waals surface area contributed by atoms with Gasteiger partial charge in [0.2, 0.25) is 9.70 Å². The van der Waals surface area contributed by atoms with Crippen LogP contribution in [0.15, 0.2) is 24.3 Å². The number of amides is 3. The van der Waals surface area contributed by atoms with Gasteiger partial charge in [0.15, 0.2) is 6.23 Å². The summed E-state index contributed by atoms with van der Waals surface area (Å²) in [4.78, 5) is 37.3. The molecule has 6 nitrogen and oxygen atoms in total. The van der Waals surface area contributed by atoms with Crippen molar-refractivity contribution in [3.63, 3.8) is 0 Å². The quantitative estimate of drug-likeness (QED) is 0.292. The van der Waals surface area contributed by atoms with Crippen LogP contribution in [-0.4, -0.2) is 44.3 Å². The third-order valence-corrected chi connectivity index (χ3v) is 4.64. The van der Waals surface area contributed by atoms with Gasteiger partial charge in [0.05, 0.1) is 11.1 Å². The zero-order chi connectivity index (χ0) is 19.3. The Kier molecular flexibility index (Phi) is 7.29. The van der Waals surface area contributed by atoms with Gasteiger partial charge in [-0.25, -0.2) is 0 Å². The number of imide groups is 1. The van der Waals surface area contributed by atoms with Gasteiger partial charge in [0, 0.05) is 13.0 Å². The van der Waals surface area contributed by atoms with E-state index in [2.05, 4.69) is 5.32 Å². The lowest BCUT2D eigenvalue weighted by atomic mass is 10.1.